The number of nitrogens with one attached hydrogen (secondary N) is 3. The Bertz CT molecular complexity index is 212. The zero-order chi connectivity index (χ0) is 11.7. The van der Waals surface area contributed by atoms with Gasteiger partial charge in [0.05, 0.1) is 13.2 Å². The van der Waals surface area contributed by atoms with Crippen molar-refractivity contribution in [3.05, 3.63) is 0 Å². The lowest BCUT2D eigenvalue weighted by atomic mass is 10.4. The van der Waals surface area contributed by atoms with Crippen LogP contribution in [0.15, 0.2) is 0 Å². The Labute approximate surface area is 95.9 Å². The van der Waals surface area contributed by atoms with Crippen LogP contribution < -0.4 is 16.0 Å². The van der Waals surface area contributed by atoms with Crippen molar-refractivity contribution in [3.8, 4) is 0 Å². The number of carbonyl (C=O) groups excluding carboxylic acids is 1. The number of methoxy groups -OCH3 is 1. The fourth-order valence-electron chi connectivity index (χ4n) is 0.987. The standard InChI is InChI=1S/C9H19N3O2S/c1-4-10-8(13)5-11-9(15)12-7(2)6-14-3/h7H,4-6H2,1-3H3,(H,10,13)(H2,11,12,15). The lowest BCUT2D eigenvalue weighted by Crippen LogP contribution is -2.45. The highest BCUT2D eigenvalue weighted by atomic mass is 32.1. The van der Waals surface area contributed by atoms with E-state index in [2.05, 4.69) is 16.0 Å². The minimum Gasteiger partial charge on any atom is -0.383 e. The zero-order valence-electron chi connectivity index (χ0n) is 9.42. The molecule has 1 unspecified atom stereocenters. The molecule has 88 valence electrons. The van der Waals surface area contributed by atoms with Gasteiger partial charge < -0.3 is 20.7 Å². The summed E-state index contributed by atoms with van der Waals surface area (Å²) in [5.41, 5.74) is 0. The summed E-state index contributed by atoms with van der Waals surface area (Å²) in [6.45, 7) is 5.21. The van der Waals surface area contributed by atoms with Crippen molar-refractivity contribution in [2.24, 2.45) is 0 Å². The van der Waals surface area contributed by atoms with E-state index < -0.39 is 0 Å². The average Bonchev–Trinajstić information content (AvgIpc) is 2.15. The fourth-order valence-corrected chi connectivity index (χ4v) is 1.26. The molecule has 1 amide bonds. The molecule has 0 aliphatic rings. The van der Waals surface area contributed by atoms with Crippen molar-refractivity contribution in [2.45, 2.75) is 19.9 Å². The number of carbonyl (C=O) groups is 1. The monoisotopic (exact) mass is 233 g/mol. The molecule has 15 heavy (non-hydrogen) atoms. The van der Waals surface area contributed by atoms with Gasteiger partial charge in [0.1, 0.15) is 0 Å². The molecular weight excluding hydrogens is 214 g/mol. The maximum atomic E-state index is 11.1. The van der Waals surface area contributed by atoms with Crippen molar-refractivity contribution in [3.63, 3.8) is 0 Å². The smallest absolute Gasteiger partial charge is 0.239 e. The Morgan fingerprint density at radius 1 is 1.47 bits per heavy atom. The Morgan fingerprint density at radius 2 is 2.13 bits per heavy atom. The first-order valence-electron chi connectivity index (χ1n) is 4.90. The Balaban J connectivity index is 3.61. The molecule has 5 nitrogen and oxygen atoms in total. The first kappa shape index (κ1) is 14.1. The molecule has 1 atom stereocenters. The van der Waals surface area contributed by atoms with Crippen LogP contribution in [-0.2, 0) is 9.53 Å². The van der Waals surface area contributed by atoms with Crippen LogP contribution >= 0.6 is 12.2 Å². The summed E-state index contributed by atoms with van der Waals surface area (Å²) < 4.78 is 4.94. The molecule has 0 aromatic rings. The first-order valence-corrected chi connectivity index (χ1v) is 5.31. The van der Waals surface area contributed by atoms with Gasteiger partial charge in [-0.1, -0.05) is 0 Å². The minimum absolute atomic E-state index is 0.0685. The molecule has 0 fully saturated rings. The van der Waals surface area contributed by atoms with Crippen LogP contribution in [-0.4, -0.2) is 43.9 Å². The van der Waals surface area contributed by atoms with E-state index in [1.54, 1.807) is 7.11 Å². The second-order valence-electron chi connectivity index (χ2n) is 3.14. The average molecular weight is 233 g/mol. The quantitative estimate of drug-likeness (QED) is 0.546. The van der Waals surface area contributed by atoms with Gasteiger partial charge in [-0.15, -0.1) is 0 Å². The molecule has 0 rings (SSSR count). The SMILES string of the molecule is CCNC(=O)CNC(=S)NC(C)COC. The number of thiocarbonyl (C=S) groups is 1. The molecule has 0 aliphatic heterocycles. The van der Waals surface area contributed by atoms with Gasteiger partial charge in [-0.2, -0.15) is 0 Å². The van der Waals surface area contributed by atoms with E-state index in [1.807, 2.05) is 13.8 Å². The van der Waals surface area contributed by atoms with E-state index in [0.29, 0.717) is 18.3 Å². The van der Waals surface area contributed by atoms with E-state index in [9.17, 15) is 4.79 Å². The third-order valence-corrected chi connectivity index (χ3v) is 1.84. The minimum atomic E-state index is -0.0685. The predicted octanol–water partition coefficient (Wildman–Crippen LogP) is -0.378. The van der Waals surface area contributed by atoms with Gasteiger partial charge in [0.25, 0.3) is 0 Å². The third kappa shape index (κ3) is 8.14. The molecule has 0 aliphatic carbocycles. The molecule has 0 spiro atoms. The van der Waals surface area contributed by atoms with Crippen LogP contribution in [0.2, 0.25) is 0 Å². The van der Waals surface area contributed by atoms with Crippen molar-refractivity contribution in [1.82, 2.24) is 16.0 Å². The molecule has 6 heteroatoms. The number of hydrogen-bond acceptors (Lipinski definition) is 3. The largest absolute Gasteiger partial charge is 0.383 e. The topological polar surface area (TPSA) is 62.4 Å². The molecule has 0 radical (unpaired) electrons. The van der Waals surface area contributed by atoms with Crippen molar-refractivity contribution >= 4 is 23.2 Å². The number of rotatable bonds is 6. The van der Waals surface area contributed by atoms with E-state index in [-0.39, 0.29) is 18.5 Å². The summed E-state index contributed by atoms with van der Waals surface area (Å²) in [5.74, 6) is -0.0685. The van der Waals surface area contributed by atoms with Crippen molar-refractivity contribution < 1.29 is 9.53 Å². The van der Waals surface area contributed by atoms with Crippen molar-refractivity contribution in [1.29, 1.82) is 0 Å². The van der Waals surface area contributed by atoms with Crippen molar-refractivity contribution in [2.75, 3.05) is 26.8 Å². The summed E-state index contributed by atoms with van der Waals surface area (Å²) in [5, 5.41) is 8.93. The Morgan fingerprint density at radius 3 is 2.67 bits per heavy atom. The maximum Gasteiger partial charge on any atom is 0.239 e. The number of likely N-dealkylation sites (N-methyl/N-ethyl adjacent to an activating group) is 1. The summed E-state index contributed by atoms with van der Waals surface area (Å²) in [6.07, 6.45) is 0. The molecule has 0 heterocycles. The Kier molecular flexibility index (Phi) is 7.94. The van der Waals surface area contributed by atoms with Crippen LogP contribution in [0.4, 0.5) is 0 Å². The second-order valence-corrected chi connectivity index (χ2v) is 3.55. The highest BCUT2D eigenvalue weighted by molar-refractivity contribution is 7.80. The van der Waals surface area contributed by atoms with Gasteiger partial charge in [0.2, 0.25) is 5.91 Å². The first-order chi connectivity index (χ1) is 7.10. The zero-order valence-corrected chi connectivity index (χ0v) is 10.2. The number of amides is 1. The summed E-state index contributed by atoms with van der Waals surface area (Å²) in [4.78, 5) is 11.1. The lowest BCUT2D eigenvalue weighted by molar-refractivity contribution is -0.119. The molecule has 0 aromatic carbocycles. The summed E-state index contributed by atoms with van der Waals surface area (Å²) >= 11 is 4.99. The maximum absolute atomic E-state index is 11.1. The molecule has 0 saturated carbocycles. The molecule has 0 saturated heterocycles. The van der Waals surface area contributed by atoms with E-state index in [4.69, 9.17) is 17.0 Å². The van der Waals surface area contributed by atoms with Gasteiger partial charge >= 0.3 is 0 Å². The van der Waals surface area contributed by atoms with Crippen LogP contribution in [0.25, 0.3) is 0 Å². The van der Waals surface area contributed by atoms with Gasteiger partial charge in [-0.05, 0) is 26.1 Å². The Hall–Kier alpha value is -0.880. The van der Waals surface area contributed by atoms with Crippen LogP contribution in [0.5, 0.6) is 0 Å². The molecule has 0 bridgehead atoms. The fraction of sp³-hybridized carbons (Fsp3) is 0.778. The van der Waals surface area contributed by atoms with Crippen LogP contribution in [0, 0.1) is 0 Å². The highest BCUT2D eigenvalue weighted by Crippen LogP contribution is 1.81. The highest BCUT2D eigenvalue weighted by Gasteiger charge is 2.04. The van der Waals surface area contributed by atoms with Gasteiger partial charge in [0.15, 0.2) is 5.11 Å². The number of hydrogen-bond donors (Lipinski definition) is 3. The third-order valence-electron chi connectivity index (χ3n) is 1.58. The van der Waals surface area contributed by atoms with Crippen LogP contribution in [0.1, 0.15) is 13.8 Å². The summed E-state index contributed by atoms with van der Waals surface area (Å²) in [7, 11) is 1.63. The number of ether oxygens (including phenoxy) is 1. The molecular formula is C9H19N3O2S. The normalized spacial score (nSPS) is 11.7. The predicted molar refractivity (Wildman–Crippen MR) is 63.8 cm³/mol. The van der Waals surface area contributed by atoms with Crippen LogP contribution in [0.3, 0.4) is 0 Å². The lowest BCUT2D eigenvalue weighted by Gasteiger charge is -2.15. The van der Waals surface area contributed by atoms with Gasteiger partial charge in [-0.3, -0.25) is 4.79 Å². The van der Waals surface area contributed by atoms with E-state index in [0.717, 1.165) is 0 Å². The summed E-state index contributed by atoms with van der Waals surface area (Å²) in [6, 6.07) is 0.129. The molecule has 0 aromatic heterocycles. The second kappa shape index (κ2) is 8.43. The van der Waals surface area contributed by atoms with Gasteiger partial charge in [0, 0.05) is 19.7 Å². The van der Waals surface area contributed by atoms with Gasteiger partial charge in [-0.25, -0.2) is 0 Å². The van der Waals surface area contributed by atoms with E-state index >= 15 is 0 Å². The van der Waals surface area contributed by atoms with E-state index in [1.165, 1.54) is 0 Å². The molecule has 3 N–H and O–H groups in total.